The fraction of sp³-hybridized carbons (Fsp3) is 0.167. The SMILES string of the molecule is Nc1c(S(N)(=O)=O)ncc(C(F)F)c1[N+](=O)[O-]. The van der Waals surface area contributed by atoms with Crippen molar-refractivity contribution in [3.63, 3.8) is 0 Å². The zero-order valence-corrected chi connectivity index (χ0v) is 8.82. The number of primary sulfonamides is 1. The molecule has 0 amide bonds. The van der Waals surface area contributed by atoms with Crippen molar-refractivity contribution in [1.82, 2.24) is 4.98 Å². The Morgan fingerprint density at radius 2 is 2.00 bits per heavy atom. The first-order valence-electron chi connectivity index (χ1n) is 3.90. The van der Waals surface area contributed by atoms with Gasteiger partial charge in [-0.05, 0) is 0 Å². The number of aromatic nitrogens is 1. The molecule has 4 N–H and O–H groups in total. The average Bonchev–Trinajstić information content (AvgIpc) is 2.13. The van der Waals surface area contributed by atoms with E-state index >= 15 is 0 Å². The highest BCUT2D eigenvalue weighted by molar-refractivity contribution is 7.89. The monoisotopic (exact) mass is 268 g/mol. The first-order chi connectivity index (χ1) is 7.66. The lowest BCUT2D eigenvalue weighted by molar-refractivity contribution is -0.385. The Bertz CT molecular complexity index is 574. The smallest absolute Gasteiger partial charge is 0.305 e. The molecule has 0 unspecified atom stereocenters. The molecular weight excluding hydrogens is 262 g/mol. The molecule has 0 radical (unpaired) electrons. The molecule has 0 aliphatic heterocycles. The van der Waals surface area contributed by atoms with Crippen molar-refractivity contribution < 1.29 is 22.1 Å². The summed E-state index contributed by atoms with van der Waals surface area (Å²) in [5, 5.41) is 14.2. The maximum absolute atomic E-state index is 12.4. The van der Waals surface area contributed by atoms with E-state index in [1.54, 1.807) is 0 Å². The molecule has 17 heavy (non-hydrogen) atoms. The summed E-state index contributed by atoms with van der Waals surface area (Å²) >= 11 is 0. The molecule has 0 saturated carbocycles. The van der Waals surface area contributed by atoms with Crippen molar-refractivity contribution >= 4 is 21.4 Å². The predicted molar refractivity (Wildman–Crippen MR) is 51.6 cm³/mol. The van der Waals surface area contributed by atoms with Gasteiger partial charge in [0.2, 0.25) is 5.03 Å². The quantitative estimate of drug-likeness (QED) is 0.590. The summed E-state index contributed by atoms with van der Waals surface area (Å²) in [6.07, 6.45) is -2.85. The third-order valence-electron chi connectivity index (χ3n) is 1.77. The highest BCUT2D eigenvalue weighted by atomic mass is 32.2. The molecular formula is C6H6F2N4O4S. The number of nitrogens with two attached hydrogens (primary N) is 2. The first kappa shape index (κ1) is 13.2. The summed E-state index contributed by atoms with van der Waals surface area (Å²) in [5.41, 5.74) is 1.83. The van der Waals surface area contributed by atoms with Gasteiger partial charge < -0.3 is 5.73 Å². The van der Waals surface area contributed by atoms with Crippen LogP contribution in [-0.2, 0) is 10.0 Å². The fourth-order valence-electron chi connectivity index (χ4n) is 1.11. The van der Waals surface area contributed by atoms with Gasteiger partial charge in [0, 0.05) is 6.20 Å². The number of rotatable bonds is 3. The van der Waals surface area contributed by atoms with E-state index in [1.165, 1.54) is 0 Å². The van der Waals surface area contributed by atoms with E-state index in [4.69, 9.17) is 5.73 Å². The lowest BCUT2D eigenvalue weighted by Gasteiger charge is -2.06. The van der Waals surface area contributed by atoms with E-state index in [2.05, 4.69) is 10.1 Å². The van der Waals surface area contributed by atoms with Crippen LogP contribution >= 0.6 is 0 Å². The van der Waals surface area contributed by atoms with E-state index in [0.717, 1.165) is 0 Å². The van der Waals surface area contributed by atoms with E-state index < -0.39 is 43.3 Å². The van der Waals surface area contributed by atoms with E-state index in [-0.39, 0.29) is 0 Å². The zero-order valence-electron chi connectivity index (χ0n) is 8.00. The van der Waals surface area contributed by atoms with Gasteiger partial charge in [-0.25, -0.2) is 27.3 Å². The lowest BCUT2D eigenvalue weighted by atomic mass is 10.2. The van der Waals surface area contributed by atoms with Crippen molar-refractivity contribution in [2.45, 2.75) is 11.5 Å². The summed E-state index contributed by atoms with van der Waals surface area (Å²) in [7, 11) is -4.42. The van der Waals surface area contributed by atoms with Crippen molar-refractivity contribution in [2.75, 3.05) is 5.73 Å². The van der Waals surface area contributed by atoms with Gasteiger partial charge in [-0.1, -0.05) is 0 Å². The molecule has 0 aliphatic rings. The van der Waals surface area contributed by atoms with E-state index in [1.807, 2.05) is 0 Å². The number of nitrogen functional groups attached to an aromatic ring is 1. The van der Waals surface area contributed by atoms with Gasteiger partial charge in [0.25, 0.3) is 16.4 Å². The van der Waals surface area contributed by atoms with Gasteiger partial charge in [0.15, 0.2) is 5.69 Å². The predicted octanol–water partition coefficient (Wildman–Crippen LogP) is 0.157. The number of anilines is 1. The summed E-state index contributed by atoms with van der Waals surface area (Å²) in [5.74, 6) is 0. The Morgan fingerprint density at radius 1 is 1.47 bits per heavy atom. The molecule has 11 heteroatoms. The summed E-state index contributed by atoms with van der Waals surface area (Å²) < 4.78 is 46.7. The number of pyridine rings is 1. The van der Waals surface area contributed by atoms with Gasteiger partial charge in [-0.2, -0.15) is 0 Å². The molecule has 0 aromatic carbocycles. The van der Waals surface area contributed by atoms with Crippen LogP contribution in [0.1, 0.15) is 12.0 Å². The summed E-state index contributed by atoms with van der Waals surface area (Å²) in [6, 6.07) is 0. The normalized spacial score (nSPS) is 11.8. The molecule has 0 fully saturated rings. The van der Waals surface area contributed by atoms with Crippen LogP contribution in [0.2, 0.25) is 0 Å². The molecule has 0 aliphatic carbocycles. The standard InChI is InChI=1S/C6H6F2N4O4S/c7-5(8)2-1-11-6(17(10,15)16)3(9)4(2)12(13)14/h1,5H,9H2,(H2,10,15,16). The van der Waals surface area contributed by atoms with Gasteiger partial charge in [0.05, 0.1) is 4.92 Å². The van der Waals surface area contributed by atoms with Crippen molar-refractivity contribution in [3.05, 3.63) is 21.9 Å². The topological polar surface area (TPSA) is 142 Å². The van der Waals surface area contributed by atoms with Gasteiger partial charge in [0.1, 0.15) is 5.56 Å². The molecule has 1 aromatic heterocycles. The van der Waals surface area contributed by atoms with Crippen molar-refractivity contribution in [1.29, 1.82) is 0 Å². The van der Waals surface area contributed by atoms with Gasteiger partial charge in [-0.3, -0.25) is 10.1 Å². The van der Waals surface area contributed by atoms with E-state index in [9.17, 15) is 27.3 Å². The molecule has 1 aromatic rings. The minimum atomic E-state index is -4.42. The Morgan fingerprint density at radius 3 is 2.35 bits per heavy atom. The van der Waals surface area contributed by atoms with Crippen LogP contribution < -0.4 is 10.9 Å². The van der Waals surface area contributed by atoms with Crippen LogP contribution in [0.15, 0.2) is 11.2 Å². The second-order valence-electron chi connectivity index (χ2n) is 2.88. The van der Waals surface area contributed by atoms with Gasteiger partial charge in [-0.15, -0.1) is 0 Å². The number of sulfonamides is 1. The second kappa shape index (κ2) is 4.18. The molecule has 0 atom stereocenters. The fourth-order valence-corrected chi connectivity index (χ4v) is 1.71. The third-order valence-corrected chi connectivity index (χ3v) is 2.63. The number of nitrogens with zero attached hydrogens (tertiary/aromatic N) is 2. The minimum absolute atomic E-state index is 0.360. The number of halogens is 2. The van der Waals surface area contributed by atoms with Crippen LogP contribution in [0.25, 0.3) is 0 Å². The first-order valence-corrected chi connectivity index (χ1v) is 5.44. The largest absolute Gasteiger partial charge is 0.391 e. The van der Waals surface area contributed by atoms with Crippen LogP contribution in [-0.4, -0.2) is 18.3 Å². The molecule has 0 spiro atoms. The average molecular weight is 268 g/mol. The van der Waals surface area contributed by atoms with Crippen LogP contribution in [0.4, 0.5) is 20.2 Å². The molecule has 94 valence electrons. The Kier molecular flexibility index (Phi) is 3.24. The van der Waals surface area contributed by atoms with Gasteiger partial charge >= 0.3 is 5.69 Å². The molecule has 0 bridgehead atoms. The summed E-state index contributed by atoms with van der Waals surface area (Å²) in [4.78, 5) is 12.4. The highest BCUT2D eigenvalue weighted by Crippen LogP contribution is 2.35. The lowest BCUT2D eigenvalue weighted by Crippen LogP contribution is -2.18. The van der Waals surface area contributed by atoms with E-state index in [0.29, 0.717) is 6.20 Å². The Balaban J connectivity index is 3.67. The molecule has 1 heterocycles. The third kappa shape index (κ3) is 2.45. The number of hydrogen-bond donors (Lipinski definition) is 2. The molecule has 8 nitrogen and oxygen atoms in total. The molecule has 0 saturated heterocycles. The number of hydrogen-bond acceptors (Lipinski definition) is 6. The molecule has 1 rings (SSSR count). The van der Waals surface area contributed by atoms with Crippen LogP contribution in [0, 0.1) is 10.1 Å². The number of nitro groups is 1. The van der Waals surface area contributed by atoms with Crippen LogP contribution in [0.5, 0.6) is 0 Å². The second-order valence-corrected chi connectivity index (χ2v) is 4.36. The maximum Gasteiger partial charge on any atom is 0.305 e. The maximum atomic E-state index is 12.4. The van der Waals surface area contributed by atoms with Crippen molar-refractivity contribution in [2.24, 2.45) is 5.14 Å². The Labute approximate surface area is 93.4 Å². The number of alkyl halides is 2. The minimum Gasteiger partial charge on any atom is -0.391 e. The zero-order chi connectivity index (χ0) is 13.4. The summed E-state index contributed by atoms with van der Waals surface area (Å²) in [6.45, 7) is 0. The van der Waals surface area contributed by atoms with Crippen LogP contribution in [0.3, 0.4) is 0 Å². The Hall–Kier alpha value is -1.88. The van der Waals surface area contributed by atoms with Crippen molar-refractivity contribution in [3.8, 4) is 0 Å². The highest BCUT2D eigenvalue weighted by Gasteiger charge is 2.30.